The van der Waals surface area contributed by atoms with Gasteiger partial charge in [-0.2, -0.15) is 0 Å². The molecule has 0 aliphatic rings. The van der Waals surface area contributed by atoms with Gasteiger partial charge in [0.2, 0.25) is 0 Å². The molecule has 2 aromatic carbocycles. The summed E-state index contributed by atoms with van der Waals surface area (Å²) in [6, 6.07) is 17.3. The average Bonchev–Trinajstić information content (AvgIpc) is 2.35. The lowest BCUT2D eigenvalue weighted by Crippen LogP contribution is -2.16. The van der Waals surface area contributed by atoms with E-state index in [2.05, 4.69) is 67.7 Å². The molecule has 0 amide bonds. The van der Waals surface area contributed by atoms with Crippen molar-refractivity contribution in [2.45, 2.75) is 26.8 Å². The third-order valence-corrected chi connectivity index (χ3v) is 3.04. The molecule has 0 unspecified atom stereocenters. The van der Waals surface area contributed by atoms with Gasteiger partial charge in [-0.05, 0) is 37.9 Å². The largest absolute Gasteiger partial charge is 0.312 e. The summed E-state index contributed by atoms with van der Waals surface area (Å²) >= 11 is 0. The second kappa shape index (κ2) is 6.36. The Morgan fingerprint density at radius 1 is 0.833 bits per heavy atom. The molecule has 0 bridgehead atoms. The Morgan fingerprint density at radius 3 is 2.17 bits per heavy atom. The Morgan fingerprint density at radius 2 is 1.50 bits per heavy atom. The van der Waals surface area contributed by atoms with Gasteiger partial charge >= 0.3 is 0 Å². The number of benzene rings is 2. The van der Waals surface area contributed by atoms with Crippen LogP contribution in [-0.2, 0) is 13.0 Å². The molecule has 0 atom stereocenters. The summed E-state index contributed by atoms with van der Waals surface area (Å²) in [5.74, 6) is 0. The van der Waals surface area contributed by atoms with Crippen molar-refractivity contribution >= 4 is 0 Å². The smallest absolute Gasteiger partial charge is 0.0205 e. The van der Waals surface area contributed by atoms with Crippen molar-refractivity contribution in [3.63, 3.8) is 0 Å². The lowest BCUT2D eigenvalue weighted by Gasteiger charge is -2.07. The zero-order valence-electron chi connectivity index (χ0n) is 11.2. The second-order valence-corrected chi connectivity index (χ2v) is 4.91. The fraction of sp³-hybridized carbons (Fsp3) is 0.294. The number of nitrogens with one attached hydrogen (secondary N) is 1. The van der Waals surface area contributed by atoms with Crippen molar-refractivity contribution in [2.75, 3.05) is 6.54 Å². The van der Waals surface area contributed by atoms with E-state index in [0.29, 0.717) is 0 Å². The van der Waals surface area contributed by atoms with Crippen LogP contribution in [0, 0.1) is 13.8 Å². The van der Waals surface area contributed by atoms with E-state index >= 15 is 0 Å². The zero-order chi connectivity index (χ0) is 12.8. The topological polar surface area (TPSA) is 12.0 Å². The van der Waals surface area contributed by atoms with Gasteiger partial charge in [-0.1, -0.05) is 59.7 Å². The average molecular weight is 239 g/mol. The van der Waals surface area contributed by atoms with Gasteiger partial charge in [0.25, 0.3) is 0 Å². The second-order valence-electron chi connectivity index (χ2n) is 4.91. The minimum absolute atomic E-state index is 0.954. The molecule has 94 valence electrons. The fourth-order valence-electron chi connectivity index (χ4n) is 2.28. The molecule has 0 aromatic heterocycles. The number of hydrogen-bond acceptors (Lipinski definition) is 1. The van der Waals surface area contributed by atoms with E-state index in [0.717, 1.165) is 19.5 Å². The Labute approximate surface area is 110 Å². The minimum atomic E-state index is 0.954. The molecule has 0 saturated heterocycles. The molecule has 0 heterocycles. The third kappa shape index (κ3) is 4.01. The number of hydrogen-bond donors (Lipinski definition) is 1. The van der Waals surface area contributed by atoms with Crippen LogP contribution >= 0.6 is 0 Å². The summed E-state index contributed by atoms with van der Waals surface area (Å²) in [7, 11) is 0. The Balaban J connectivity index is 1.78. The third-order valence-electron chi connectivity index (χ3n) is 3.04. The van der Waals surface area contributed by atoms with Crippen LogP contribution in [0.5, 0.6) is 0 Å². The van der Waals surface area contributed by atoms with Crippen molar-refractivity contribution in [1.29, 1.82) is 0 Å². The summed E-state index contributed by atoms with van der Waals surface area (Å²) in [6.45, 7) is 6.29. The molecule has 0 aliphatic heterocycles. The molecule has 1 heteroatoms. The first-order chi connectivity index (χ1) is 8.74. The van der Waals surface area contributed by atoms with Crippen LogP contribution in [0.15, 0.2) is 48.5 Å². The van der Waals surface area contributed by atoms with Gasteiger partial charge in [-0.3, -0.25) is 0 Å². The zero-order valence-corrected chi connectivity index (χ0v) is 11.2. The fourth-order valence-corrected chi connectivity index (χ4v) is 2.28. The van der Waals surface area contributed by atoms with Crippen LogP contribution in [0.2, 0.25) is 0 Å². The Hall–Kier alpha value is -1.60. The minimum Gasteiger partial charge on any atom is -0.312 e. The summed E-state index contributed by atoms with van der Waals surface area (Å²) < 4.78 is 0. The first-order valence-electron chi connectivity index (χ1n) is 6.56. The Bertz CT molecular complexity index is 468. The molecule has 2 aromatic rings. The SMILES string of the molecule is Cc1cc(C)cc(CNCCc2ccccc2)c1. The maximum atomic E-state index is 3.50. The molecule has 2 rings (SSSR count). The standard InChI is InChI=1S/C17H21N/c1-14-10-15(2)12-17(11-14)13-18-9-8-16-6-4-3-5-7-16/h3-7,10-12,18H,8-9,13H2,1-2H3. The maximum absolute atomic E-state index is 3.50. The summed E-state index contributed by atoms with van der Waals surface area (Å²) in [6.07, 6.45) is 1.09. The van der Waals surface area contributed by atoms with Gasteiger partial charge in [-0.15, -0.1) is 0 Å². The number of rotatable bonds is 5. The van der Waals surface area contributed by atoms with Crippen molar-refractivity contribution in [1.82, 2.24) is 5.32 Å². The van der Waals surface area contributed by atoms with Crippen LogP contribution in [0.1, 0.15) is 22.3 Å². The van der Waals surface area contributed by atoms with Gasteiger partial charge in [0.1, 0.15) is 0 Å². The van der Waals surface area contributed by atoms with E-state index in [4.69, 9.17) is 0 Å². The first-order valence-corrected chi connectivity index (χ1v) is 6.56. The highest BCUT2D eigenvalue weighted by molar-refractivity contribution is 5.28. The number of aryl methyl sites for hydroxylation is 2. The molecular weight excluding hydrogens is 218 g/mol. The monoisotopic (exact) mass is 239 g/mol. The quantitative estimate of drug-likeness (QED) is 0.786. The molecule has 0 spiro atoms. The summed E-state index contributed by atoms with van der Waals surface area (Å²) in [4.78, 5) is 0. The van der Waals surface area contributed by atoms with Gasteiger partial charge in [0.05, 0.1) is 0 Å². The first kappa shape index (κ1) is 12.8. The molecule has 0 fully saturated rings. The van der Waals surface area contributed by atoms with Crippen molar-refractivity contribution in [3.8, 4) is 0 Å². The Kier molecular flexibility index (Phi) is 4.54. The van der Waals surface area contributed by atoms with Gasteiger partial charge < -0.3 is 5.32 Å². The van der Waals surface area contributed by atoms with E-state index in [-0.39, 0.29) is 0 Å². The van der Waals surface area contributed by atoms with Gasteiger partial charge in [-0.25, -0.2) is 0 Å². The van der Waals surface area contributed by atoms with Crippen LogP contribution in [-0.4, -0.2) is 6.54 Å². The molecule has 18 heavy (non-hydrogen) atoms. The van der Waals surface area contributed by atoms with Gasteiger partial charge in [0, 0.05) is 6.54 Å². The maximum Gasteiger partial charge on any atom is 0.0205 e. The molecule has 1 N–H and O–H groups in total. The van der Waals surface area contributed by atoms with Crippen LogP contribution in [0.4, 0.5) is 0 Å². The normalized spacial score (nSPS) is 10.6. The van der Waals surface area contributed by atoms with E-state index in [1.807, 2.05) is 0 Å². The van der Waals surface area contributed by atoms with E-state index in [1.54, 1.807) is 0 Å². The van der Waals surface area contributed by atoms with Crippen LogP contribution in [0.3, 0.4) is 0 Å². The predicted molar refractivity (Wildman–Crippen MR) is 77.8 cm³/mol. The molecule has 1 nitrogen and oxygen atoms in total. The van der Waals surface area contributed by atoms with Crippen molar-refractivity contribution < 1.29 is 0 Å². The predicted octanol–water partition coefficient (Wildman–Crippen LogP) is 3.64. The lowest BCUT2D eigenvalue weighted by atomic mass is 10.1. The lowest BCUT2D eigenvalue weighted by molar-refractivity contribution is 0.686. The van der Waals surface area contributed by atoms with Crippen molar-refractivity contribution in [3.05, 3.63) is 70.8 Å². The molecule has 0 aliphatic carbocycles. The molecule has 0 radical (unpaired) electrons. The van der Waals surface area contributed by atoms with Crippen LogP contribution < -0.4 is 5.32 Å². The highest BCUT2D eigenvalue weighted by atomic mass is 14.8. The van der Waals surface area contributed by atoms with E-state index in [1.165, 1.54) is 22.3 Å². The molecule has 0 saturated carbocycles. The van der Waals surface area contributed by atoms with E-state index < -0.39 is 0 Å². The van der Waals surface area contributed by atoms with E-state index in [9.17, 15) is 0 Å². The van der Waals surface area contributed by atoms with Crippen molar-refractivity contribution in [2.24, 2.45) is 0 Å². The molecular formula is C17H21N. The van der Waals surface area contributed by atoms with Gasteiger partial charge in [0.15, 0.2) is 0 Å². The summed E-state index contributed by atoms with van der Waals surface area (Å²) in [5.41, 5.74) is 5.45. The van der Waals surface area contributed by atoms with Crippen LogP contribution in [0.25, 0.3) is 0 Å². The highest BCUT2D eigenvalue weighted by Crippen LogP contribution is 2.08. The highest BCUT2D eigenvalue weighted by Gasteiger charge is 1.96. The summed E-state index contributed by atoms with van der Waals surface area (Å²) in [5, 5.41) is 3.50.